The van der Waals surface area contributed by atoms with Crippen molar-refractivity contribution in [1.29, 1.82) is 0 Å². The van der Waals surface area contributed by atoms with E-state index in [1.807, 2.05) is 23.6 Å². The van der Waals surface area contributed by atoms with E-state index in [2.05, 4.69) is 12.2 Å². The van der Waals surface area contributed by atoms with Crippen molar-refractivity contribution in [2.75, 3.05) is 5.32 Å². The van der Waals surface area contributed by atoms with Crippen LogP contribution in [0.5, 0.6) is 0 Å². The number of benzene rings is 1. The van der Waals surface area contributed by atoms with Gasteiger partial charge in [0, 0.05) is 22.5 Å². The third kappa shape index (κ3) is 7.06. The van der Waals surface area contributed by atoms with Crippen LogP contribution in [-0.2, 0) is 4.79 Å². The van der Waals surface area contributed by atoms with Crippen molar-refractivity contribution in [2.24, 2.45) is 0 Å². The fourth-order valence-electron chi connectivity index (χ4n) is 2.47. The maximum Gasteiger partial charge on any atom is 0.224 e. The Hall–Kier alpha value is -2.20. The molecule has 0 aliphatic carbocycles. The van der Waals surface area contributed by atoms with Gasteiger partial charge in [0.05, 0.1) is 0 Å². The van der Waals surface area contributed by atoms with Gasteiger partial charge >= 0.3 is 0 Å². The summed E-state index contributed by atoms with van der Waals surface area (Å²) in [6, 6.07) is 11.0. The summed E-state index contributed by atoms with van der Waals surface area (Å²) in [7, 11) is 0. The van der Waals surface area contributed by atoms with Gasteiger partial charge in [-0.25, -0.2) is 0 Å². The van der Waals surface area contributed by atoms with E-state index < -0.39 is 0 Å². The number of amides is 1. The number of carbonyl (C=O) groups excluding carboxylic acids is 2. The highest BCUT2D eigenvalue weighted by molar-refractivity contribution is 7.10. The molecule has 0 atom stereocenters. The third-order valence-corrected chi connectivity index (χ3v) is 4.74. The van der Waals surface area contributed by atoms with E-state index in [0.717, 1.165) is 23.4 Å². The zero-order valence-corrected chi connectivity index (χ0v) is 15.5. The molecule has 2 rings (SSSR count). The minimum atomic E-state index is -0.0396. The normalized spacial score (nSPS) is 10.9. The molecule has 0 saturated carbocycles. The number of allylic oxidation sites excluding steroid dienone is 1. The fourth-order valence-corrected chi connectivity index (χ4v) is 3.09. The molecule has 0 bridgehead atoms. The highest BCUT2D eigenvalue weighted by Gasteiger charge is 2.05. The largest absolute Gasteiger partial charge is 0.326 e. The predicted octanol–water partition coefficient (Wildman–Crippen LogP) is 5.94. The Kier molecular flexibility index (Phi) is 8.13. The quantitative estimate of drug-likeness (QED) is 0.325. The lowest BCUT2D eigenvalue weighted by Crippen LogP contribution is -2.11. The molecule has 1 amide bonds. The molecule has 1 aromatic heterocycles. The Balaban J connectivity index is 1.79. The number of hydrogen-bond acceptors (Lipinski definition) is 3. The number of unbranched alkanes of at least 4 members (excludes halogenated alkanes) is 4. The summed E-state index contributed by atoms with van der Waals surface area (Å²) in [5, 5.41) is 4.86. The van der Waals surface area contributed by atoms with E-state index >= 15 is 0 Å². The molecule has 1 N–H and O–H groups in total. The molecule has 1 aromatic carbocycles. The first kappa shape index (κ1) is 19.1. The van der Waals surface area contributed by atoms with E-state index in [9.17, 15) is 9.59 Å². The smallest absolute Gasteiger partial charge is 0.224 e. The lowest BCUT2D eigenvalue weighted by molar-refractivity contribution is -0.116. The molecule has 3 nitrogen and oxygen atoms in total. The van der Waals surface area contributed by atoms with Crippen molar-refractivity contribution in [3.63, 3.8) is 0 Å². The van der Waals surface area contributed by atoms with Crippen molar-refractivity contribution in [1.82, 2.24) is 0 Å². The highest BCUT2D eigenvalue weighted by Crippen LogP contribution is 2.14. The molecule has 0 aliphatic rings. The number of rotatable bonds is 10. The molecule has 2 aromatic rings. The fraction of sp³-hybridized carbons (Fsp3) is 0.333. The summed E-state index contributed by atoms with van der Waals surface area (Å²) in [6.45, 7) is 2.18. The first-order valence-corrected chi connectivity index (χ1v) is 9.73. The summed E-state index contributed by atoms with van der Waals surface area (Å²) >= 11 is 1.59. The topological polar surface area (TPSA) is 46.2 Å². The minimum absolute atomic E-state index is 0.0353. The number of thiophene rings is 1. The summed E-state index contributed by atoms with van der Waals surface area (Å²) in [4.78, 5) is 25.1. The van der Waals surface area contributed by atoms with Gasteiger partial charge in [0.15, 0.2) is 5.78 Å². The van der Waals surface area contributed by atoms with Crippen LogP contribution in [0.1, 0.15) is 60.7 Å². The van der Waals surface area contributed by atoms with Crippen LogP contribution >= 0.6 is 11.3 Å². The van der Waals surface area contributed by atoms with Crippen molar-refractivity contribution in [3.8, 4) is 0 Å². The van der Waals surface area contributed by atoms with Crippen LogP contribution in [0.4, 0.5) is 5.69 Å². The van der Waals surface area contributed by atoms with E-state index in [-0.39, 0.29) is 11.7 Å². The molecule has 0 saturated heterocycles. The van der Waals surface area contributed by atoms with E-state index in [0.29, 0.717) is 12.0 Å². The van der Waals surface area contributed by atoms with Gasteiger partial charge in [-0.2, -0.15) is 0 Å². The van der Waals surface area contributed by atoms with E-state index in [1.165, 1.54) is 19.3 Å². The zero-order chi connectivity index (χ0) is 17.9. The van der Waals surface area contributed by atoms with Gasteiger partial charge in [0.25, 0.3) is 0 Å². The van der Waals surface area contributed by atoms with Crippen LogP contribution in [0.25, 0.3) is 6.08 Å². The van der Waals surface area contributed by atoms with Crippen LogP contribution in [-0.4, -0.2) is 11.7 Å². The second-order valence-corrected chi connectivity index (χ2v) is 6.98. The second-order valence-electron chi connectivity index (χ2n) is 6.00. The van der Waals surface area contributed by atoms with Crippen LogP contribution in [0, 0.1) is 0 Å². The van der Waals surface area contributed by atoms with Gasteiger partial charge in [-0.1, -0.05) is 38.7 Å². The molecule has 1 heterocycles. The monoisotopic (exact) mass is 355 g/mol. The Morgan fingerprint density at radius 1 is 1.04 bits per heavy atom. The molecule has 0 radical (unpaired) electrons. The Morgan fingerprint density at radius 3 is 2.48 bits per heavy atom. The van der Waals surface area contributed by atoms with Crippen LogP contribution in [0.3, 0.4) is 0 Å². The molecular weight excluding hydrogens is 330 g/mol. The van der Waals surface area contributed by atoms with E-state index in [1.54, 1.807) is 41.7 Å². The van der Waals surface area contributed by atoms with Gasteiger partial charge < -0.3 is 5.32 Å². The Bertz CT molecular complexity index is 687. The van der Waals surface area contributed by atoms with Gasteiger partial charge in [-0.05, 0) is 54.3 Å². The van der Waals surface area contributed by atoms with Crippen molar-refractivity contribution >= 4 is 34.8 Å². The summed E-state index contributed by atoms with van der Waals surface area (Å²) in [5.74, 6) is -0.00429. The second kappa shape index (κ2) is 10.6. The molecule has 0 spiro atoms. The lowest BCUT2D eigenvalue weighted by Gasteiger charge is -2.06. The van der Waals surface area contributed by atoms with Crippen molar-refractivity contribution < 1.29 is 9.59 Å². The Labute approximate surface area is 153 Å². The number of carbonyl (C=O) groups is 2. The number of hydrogen-bond donors (Lipinski definition) is 1. The standard InChI is InChI=1S/C21H25NO2S/c1-2-3-4-5-6-9-21(24)22-18-12-10-17(11-13-18)20(23)15-14-19-8-7-16-25-19/h7-8,10-16H,2-6,9H2,1H3,(H,22,24)/b15-14+. The first-order valence-electron chi connectivity index (χ1n) is 8.85. The van der Waals surface area contributed by atoms with Gasteiger partial charge in [0.1, 0.15) is 0 Å². The van der Waals surface area contributed by atoms with Crippen molar-refractivity contribution in [2.45, 2.75) is 45.4 Å². The van der Waals surface area contributed by atoms with Crippen LogP contribution in [0.15, 0.2) is 47.9 Å². The number of nitrogens with one attached hydrogen (secondary N) is 1. The highest BCUT2D eigenvalue weighted by atomic mass is 32.1. The zero-order valence-electron chi connectivity index (χ0n) is 14.7. The number of anilines is 1. The van der Waals surface area contributed by atoms with Crippen LogP contribution < -0.4 is 5.32 Å². The predicted molar refractivity (Wildman–Crippen MR) is 106 cm³/mol. The van der Waals surface area contributed by atoms with Crippen molar-refractivity contribution in [3.05, 3.63) is 58.3 Å². The number of ketones is 1. The SMILES string of the molecule is CCCCCCCC(=O)Nc1ccc(C(=O)/C=C/c2cccs2)cc1. The molecule has 4 heteroatoms. The average Bonchev–Trinajstić information content (AvgIpc) is 3.14. The van der Waals surface area contributed by atoms with Gasteiger partial charge in [-0.15, -0.1) is 11.3 Å². The summed E-state index contributed by atoms with van der Waals surface area (Å²) < 4.78 is 0. The molecule has 0 unspecified atom stereocenters. The van der Waals surface area contributed by atoms with Gasteiger partial charge in [0.2, 0.25) is 5.91 Å². The molecule has 0 fully saturated rings. The summed E-state index contributed by atoms with van der Waals surface area (Å²) in [5.41, 5.74) is 1.35. The summed E-state index contributed by atoms with van der Waals surface area (Å²) in [6.07, 6.45) is 9.61. The molecule has 0 aliphatic heterocycles. The van der Waals surface area contributed by atoms with Crippen LogP contribution in [0.2, 0.25) is 0 Å². The molecule has 25 heavy (non-hydrogen) atoms. The average molecular weight is 356 g/mol. The Morgan fingerprint density at radius 2 is 1.80 bits per heavy atom. The lowest BCUT2D eigenvalue weighted by atomic mass is 10.1. The third-order valence-electron chi connectivity index (χ3n) is 3.90. The first-order chi connectivity index (χ1) is 12.2. The maximum absolute atomic E-state index is 12.1. The van der Waals surface area contributed by atoms with E-state index in [4.69, 9.17) is 0 Å². The molecule has 132 valence electrons. The van der Waals surface area contributed by atoms with Gasteiger partial charge in [-0.3, -0.25) is 9.59 Å². The molecular formula is C21H25NO2S. The minimum Gasteiger partial charge on any atom is -0.326 e. The maximum atomic E-state index is 12.1.